The van der Waals surface area contributed by atoms with Gasteiger partial charge >= 0.3 is 5.97 Å². The molecule has 0 bridgehead atoms. The van der Waals surface area contributed by atoms with E-state index in [-0.39, 0.29) is 5.92 Å². The second-order valence-corrected chi connectivity index (χ2v) is 4.37. The number of aryl methyl sites for hydroxylation is 1. The molecule has 4 heteroatoms. The minimum absolute atomic E-state index is 0.367. The minimum atomic E-state index is -0.772. The Labute approximate surface area is 108 Å². The van der Waals surface area contributed by atoms with E-state index in [1.807, 2.05) is 12.1 Å². The van der Waals surface area contributed by atoms with E-state index in [4.69, 9.17) is 9.84 Å². The van der Waals surface area contributed by atoms with Gasteiger partial charge in [-0.1, -0.05) is 26.0 Å². The maximum absolute atomic E-state index is 10.7. The molecule has 0 fully saturated rings. The SMILES string of the molecule is CCc1cc(CNCC(C)C(=O)O)ccc1OC. The van der Waals surface area contributed by atoms with E-state index in [9.17, 15) is 4.79 Å². The van der Waals surface area contributed by atoms with Crippen molar-refractivity contribution in [1.29, 1.82) is 0 Å². The molecule has 0 radical (unpaired) electrons. The quantitative estimate of drug-likeness (QED) is 0.779. The largest absolute Gasteiger partial charge is 0.496 e. The summed E-state index contributed by atoms with van der Waals surface area (Å²) >= 11 is 0. The molecule has 1 atom stereocenters. The first-order chi connectivity index (χ1) is 8.58. The number of ether oxygens (including phenoxy) is 1. The molecule has 1 unspecified atom stereocenters. The number of nitrogens with one attached hydrogen (secondary N) is 1. The lowest BCUT2D eigenvalue weighted by atomic mass is 10.1. The molecule has 100 valence electrons. The van der Waals surface area contributed by atoms with Crippen molar-refractivity contribution in [2.75, 3.05) is 13.7 Å². The summed E-state index contributed by atoms with van der Waals surface area (Å²) < 4.78 is 5.27. The van der Waals surface area contributed by atoms with Gasteiger partial charge in [0, 0.05) is 13.1 Å². The monoisotopic (exact) mass is 251 g/mol. The zero-order chi connectivity index (χ0) is 13.5. The van der Waals surface area contributed by atoms with Crippen molar-refractivity contribution in [2.24, 2.45) is 5.92 Å². The predicted octanol–water partition coefficient (Wildman–Crippen LogP) is 2.07. The second-order valence-electron chi connectivity index (χ2n) is 4.37. The highest BCUT2D eigenvalue weighted by molar-refractivity contribution is 5.69. The minimum Gasteiger partial charge on any atom is -0.496 e. The number of aliphatic carboxylic acids is 1. The van der Waals surface area contributed by atoms with Gasteiger partial charge in [0.2, 0.25) is 0 Å². The fourth-order valence-electron chi connectivity index (χ4n) is 1.74. The molecule has 2 N–H and O–H groups in total. The Morgan fingerprint density at radius 3 is 2.78 bits per heavy atom. The number of rotatable bonds is 7. The number of benzene rings is 1. The van der Waals surface area contributed by atoms with Crippen LogP contribution in [0.4, 0.5) is 0 Å². The molecule has 18 heavy (non-hydrogen) atoms. The van der Waals surface area contributed by atoms with Crippen LogP contribution in [0.5, 0.6) is 5.75 Å². The Hall–Kier alpha value is -1.55. The molecular weight excluding hydrogens is 230 g/mol. The Morgan fingerprint density at radius 1 is 1.50 bits per heavy atom. The summed E-state index contributed by atoms with van der Waals surface area (Å²) in [7, 11) is 1.67. The maximum atomic E-state index is 10.7. The van der Waals surface area contributed by atoms with Gasteiger partial charge in [-0.25, -0.2) is 0 Å². The normalized spacial score (nSPS) is 12.2. The van der Waals surface area contributed by atoms with Gasteiger partial charge in [0.25, 0.3) is 0 Å². The summed E-state index contributed by atoms with van der Waals surface area (Å²) in [5, 5.41) is 11.9. The summed E-state index contributed by atoms with van der Waals surface area (Å²) in [4.78, 5) is 10.7. The summed E-state index contributed by atoms with van der Waals surface area (Å²) in [5.41, 5.74) is 2.31. The van der Waals surface area contributed by atoms with Gasteiger partial charge in [0.05, 0.1) is 13.0 Å². The maximum Gasteiger partial charge on any atom is 0.307 e. The Bertz CT molecular complexity index is 404. The molecule has 0 aliphatic rings. The molecule has 4 nitrogen and oxygen atoms in total. The first kappa shape index (κ1) is 14.5. The van der Waals surface area contributed by atoms with Crippen molar-refractivity contribution in [3.63, 3.8) is 0 Å². The van der Waals surface area contributed by atoms with Gasteiger partial charge in [0.1, 0.15) is 5.75 Å². The number of carboxylic acid groups (broad SMARTS) is 1. The molecule has 0 aromatic heterocycles. The van der Waals surface area contributed by atoms with Crippen molar-refractivity contribution in [2.45, 2.75) is 26.8 Å². The van der Waals surface area contributed by atoms with Crippen molar-refractivity contribution in [1.82, 2.24) is 5.32 Å². The van der Waals surface area contributed by atoms with Gasteiger partial charge < -0.3 is 15.2 Å². The molecule has 1 aromatic rings. The van der Waals surface area contributed by atoms with E-state index in [1.54, 1.807) is 14.0 Å². The van der Waals surface area contributed by atoms with E-state index in [2.05, 4.69) is 18.3 Å². The zero-order valence-corrected chi connectivity index (χ0v) is 11.2. The zero-order valence-electron chi connectivity index (χ0n) is 11.2. The summed E-state index contributed by atoms with van der Waals surface area (Å²) in [6.45, 7) is 4.93. The third-order valence-electron chi connectivity index (χ3n) is 2.93. The first-order valence-electron chi connectivity index (χ1n) is 6.17. The molecule has 0 aliphatic carbocycles. The van der Waals surface area contributed by atoms with Crippen LogP contribution in [0.1, 0.15) is 25.0 Å². The third kappa shape index (κ3) is 4.04. The van der Waals surface area contributed by atoms with Crippen LogP contribution in [-0.2, 0) is 17.8 Å². The number of carbonyl (C=O) groups is 1. The van der Waals surface area contributed by atoms with Gasteiger partial charge in [0.15, 0.2) is 0 Å². The van der Waals surface area contributed by atoms with Crippen molar-refractivity contribution in [3.05, 3.63) is 29.3 Å². The van der Waals surface area contributed by atoms with Crippen LogP contribution in [-0.4, -0.2) is 24.7 Å². The van der Waals surface area contributed by atoms with Gasteiger partial charge in [-0.15, -0.1) is 0 Å². The Morgan fingerprint density at radius 2 is 2.22 bits per heavy atom. The topological polar surface area (TPSA) is 58.6 Å². The van der Waals surface area contributed by atoms with Crippen LogP contribution in [0.25, 0.3) is 0 Å². The molecule has 0 spiro atoms. The summed E-state index contributed by atoms with van der Waals surface area (Å²) in [6, 6.07) is 6.05. The molecule has 0 saturated carbocycles. The molecule has 0 aliphatic heterocycles. The Balaban J connectivity index is 2.55. The van der Waals surface area contributed by atoms with Crippen molar-refractivity contribution >= 4 is 5.97 Å². The van der Waals surface area contributed by atoms with E-state index >= 15 is 0 Å². The molecule has 1 aromatic carbocycles. The molecule has 0 amide bonds. The van der Waals surface area contributed by atoms with E-state index in [1.165, 1.54) is 5.56 Å². The highest BCUT2D eigenvalue weighted by Crippen LogP contribution is 2.20. The lowest BCUT2D eigenvalue weighted by Gasteiger charge is -2.11. The molecule has 1 rings (SSSR count). The highest BCUT2D eigenvalue weighted by Gasteiger charge is 2.09. The summed E-state index contributed by atoms with van der Waals surface area (Å²) in [6.07, 6.45) is 0.919. The number of hydrogen-bond acceptors (Lipinski definition) is 3. The molecule has 0 heterocycles. The van der Waals surface area contributed by atoms with Gasteiger partial charge in [-0.05, 0) is 23.6 Å². The van der Waals surface area contributed by atoms with Crippen LogP contribution in [0.15, 0.2) is 18.2 Å². The van der Waals surface area contributed by atoms with E-state index < -0.39 is 5.97 Å². The first-order valence-corrected chi connectivity index (χ1v) is 6.17. The highest BCUT2D eigenvalue weighted by atomic mass is 16.5. The number of carboxylic acids is 1. The Kier molecular flexibility index (Phi) is 5.65. The number of hydrogen-bond donors (Lipinski definition) is 2. The van der Waals surface area contributed by atoms with Crippen LogP contribution in [0.2, 0.25) is 0 Å². The fourth-order valence-corrected chi connectivity index (χ4v) is 1.74. The van der Waals surface area contributed by atoms with E-state index in [0.29, 0.717) is 13.1 Å². The van der Waals surface area contributed by atoms with Crippen LogP contribution >= 0.6 is 0 Å². The fraction of sp³-hybridized carbons (Fsp3) is 0.500. The lowest BCUT2D eigenvalue weighted by Crippen LogP contribution is -2.25. The third-order valence-corrected chi connectivity index (χ3v) is 2.93. The van der Waals surface area contributed by atoms with Crippen molar-refractivity contribution in [3.8, 4) is 5.75 Å². The lowest BCUT2D eigenvalue weighted by molar-refractivity contribution is -0.140. The predicted molar refractivity (Wildman–Crippen MR) is 70.9 cm³/mol. The van der Waals surface area contributed by atoms with Gasteiger partial charge in [-0.2, -0.15) is 0 Å². The average molecular weight is 251 g/mol. The standard InChI is InChI=1S/C14H21NO3/c1-4-12-7-11(5-6-13(12)18-3)9-15-8-10(2)14(16)17/h5-7,10,15H,4,8-9H2,1-3H3,(H,16,17). The number of methoxy groups -OCH3 is 1. The van der Waals surface area contributed by atoms with Crippen LogP contribution in [0, 0.1) is 5.92 Å². The smallest absolute Gasteiger partial charge is 0.307 e. The van der Waals surface area contributed by atoms with Crippen LogP contribution in [0.3, 0.4) is 0 Å². The van der Waals surface area contributed by atoms with Crippen molar-refractivity contribution < 1.29 is 14.6 Å². The second kappa shape index (κ2) is 7.01. The molecule has 0 saturated heterocycles. The van der Waals surface area contributed by atoms with E-state index in [0.717, 1.165) is 17.7 Å². The van der Waals surface area contributed by atoms with Crippen LogP contribution < -0.4 is 10.1 Å². The summed E-state index contributed by atoms with van der Waals surface area (Å²) in [5.74, 6) is -0.236. The van der Waals surface area contributed by atoms with Gasteiger partial charge in [-0.3, -0.25) is 4.79 Å². The average Bonchev–Trinajstić information content (AvgIpc) is 2.38. The molecular formula is C14H21NO3.